The second-order valence-electron chi connectivity index (χ2n) is 9.75. The van der Waals surface area contributed by atoms with E-state index < -0.39 is 23.5 Å². The smallest absolute Gasteiger partial charge is 0.296 e. The molecule has 3 aromatic carbocycles. The molecule has 0 fully saturated rings. The molecule has 220 valence electrons. The third kappa shape index (κ3) is 5.06. The van der Waals surface area contributed by atoms with Crippen molar-refractivity contribution in [1.29, 1.82) is 0 Å². The largest absolute Gasteiger partial charge is 0.503 e. The Kier molecular flexibility index (Phi) is 7.72. The molecule has 5 aromatic rings. The van der Waals surface area contributed by atoms with Crippen LogP contribution in [-0.2, 0) is 4.79 Å². The number of aliphatic hydroxyl groups excluding tert-OH is 1. The molecule has 0 bridgehead atoms. The predicted molar refractivity (Wildman–Crippen MR) is 165 cm³/mol. The van der Waals surface area contributed by atoms with E-state index in [4.69, 9.17) is 30.2 Å². The number of carbonyl (C=O) groups is 2. The van der Waals surface area contributed by atoms with Crippen LogP contribution in [0, 0.1) is 0 Å². The third-order valence-corrected chi connectivity index (χ3v) is 8.25. The normalized spacial score (nSPS) is 15.1. The second kappa shape index (κ2) is 11.6. The molecule has 0 spiro atoms. The van der Waals surface area contributed by atoms with Crippen molar-refractivity contribution in [3.63, 3.8) is 0 Å². The van der Waals surface area contributed by atoms with Gasteiger partial charge < -0.3 is 23.7 Å². The molecular formula is C32H27ClN2O7S. The number of aliphatic hydroxyl groups is 1. The number of nitrogens with zero attached hydrogens (tertiary/aromatic N) is 2. The molecule has 1 unspecified atom stereocenters. The lowest BCUT2D eigenvalue weighted by Crippen LogP contribution is -2.31. The van der Waals surface area contributed by atoms with Gasteiger partial charge in [0.25, 0.3) is 5.91 Å². The summed E-state index contributed by atoms with van der Waals surface area (Å²) in [5.41, 5.74) is 1.37. The van der Waals surface area contributed by atoms with E-state index in [9.17, 15) is 14.7 Å². The van der Waals surface area contributed by atoms with Gasteiger partial charge in [0.1, 0.15) is 0 Å². The number of halogens is 1. The van der Waals surface area contributed by atoms with Crippen LogP contribution >= 0.6 is 22.9 Å². The standard InChI is InChI=1S/C32H27ClN2O7S/c1-4-13-41-21-12-9-17(14-23(21)40-5-2)27-26(28(36)24-15-18-7-6-8-22(39-3)30(18)42-24)29(37)31(38)35(27)32-34-20-11-10-19(33)16-25(20)43-32/h6-12,14-16,27,37H,4-5,13H2,1-3H3. The van der Waals surface area contributed by atoms with Crippen molar-refractivity contribution in [2.75, 3.05) is 25.2 Å². The first-order chi connectivity index (χ1) is 20.8. The van der Waals surface area contributed by atoms with Gasteiger partial charge in [-0.25, -0.2) is 4.98 Å². The number of methoxy groups -OCH3 is 1. The van der Waals surface area contributed by atoms with Crippen molar-refractivity contribution in [2.45, 2.75) is 26.3 Å². The zero-order chi connectivity index (χ0) is 30.2. The number of rotatable bonds is 10. The number of hydrogen-bond donors (Lipinski definition) is 1. The van der Waals surface area contributed by atoms with Crippen molar-refractivity contribution in [3.05, 3.63) is 88.3 Å². The van der Waals surface area contributed by atoms with Crippen LogP contribution in [0.1, 0.15) is 42.4 Å². The number of para-hydroxylation sites is 1. The number of benzene rings is 3. The molecule has 43 heavy (non-hydrogen) atoms. The maximum absolute atomic E-state index is 14.1. The molecule has 6 rings (SSSR count). The van der Waals surface area contributed by atoms with E-state index in [2.05, 4.69) is 4.98 Å². The van der Waals surface area contributed by atoms with E-state index in [0.29, 0.717) is 57.5 Å². The number of fused-ring (bicyclic) bond motifs is 2. The Balaban J connectivity index is 1.51. The predicted octanol–water partition coefficient (Wildman–Crippen LogP) is 7.67. The summed E-state index contributed by atoms with van der Waals surface area (Å²) in [5, 5.41) is 12.7. The van der Waals surface area contributed by atoms with Gasteiger partial charge in [0.2, 0.25) is 5.78 Å². The quantitative estimate of drug-likeness (QED) is 0.159. The Morgan fingerprint density at radius 1 is 1.07 bits per heavy atom. The molecule has 0 saturated heterocycles. The SMILES string of the molecule is CCCOc1ccc(C2C(C(=O)c3cc4cccc(OC)c4o3)=C(O)C(=O)N2c2nc3ccc(Cl)cc3s2)cc1OCC. The highest BCUT2D eigenvalue weighted by atomic mass is 35.5. The highest BCUT2D eigenvalue weighted by Gasteiger charge is 2.47. The number of furan rings is 1. The first-order valence-electron chi connectivity index (χ1n) is 13.7. The molecule has 2 aromatic heterocycles. The van der Waals surface area contributed by atoms with Crippen LogP contribution in [0.15, 0.2) is 76.4 Å². The zero-order valence-electron chi connectivity index (χ0n) is 23.5. The maximum Gasteiger partial charge on any atom is 0.296 e. The number of aromatic nitrogens is 1. The van der Waals surface area contributed by atoms with Crippen molar-refractivity contribution >= 4 is 60.9 Å². The topological polar surface area (TPSA) is 111 Å². The summed E-state index contributed by atoms with van der Waals surface area (Å²) in [4.78, 5) is 33.9. The Bertz CT molecular complexity index is 1910. The summed E-state index contributed by atoms with van der Waals surface area (Å²) in [6, 6.07) is 16.2. The van der Waals surface area contributed by atoms with Gasteiger partial charge in [-0.15, -0.1) is 0 Å². The van der Waals surface area contributed by atoms with Crippen molar-refractivity contribution in [2.24, 2.45) is 0 Å². The average molecular weight is 619 g/mol. The van der Waals surface area contributed by atoms with Crippen molar-refractivity contribution in [1.82, 2.24) is 4.98 Å². The number of Topliss-reactive ketones (excluding diaryl/α,β-unsaturated/α-hetero) is 1. The van der Waals surface area contributed by atoms with Crippen LogP contribution in [0.3, 0.4) is 0 Å². The molecule has 0 aliphatic carbocycles. The number of ketones is 1. The van der Waals surface area contributed by atoms with Crippen LogP contribution < -0.4 is 19.1 Å². The number of amides is 1. The lowest BCUT2D eigenvalue weighted by molar-refractivity contribution is -0.117. The first-order valence-corrected chi connectivity index (χ1v) is 14.9. The minimum absolute atomic E-state index is 0.0512. The van der Waals surface area contributed by atoms with Gasteiger partial charge in [0.05, 0.1) is 42.2 Å². The Morgan fingerprint density at radius 3 is 2.67 bits per heavy atom. The fourth-order valence-electron chi connectivity index (χ4n) is 5.08. The molecule has 1 aliphatic heterocycles. The van der Waals surface area contributed by atoms with E-state index in [-0.39, 0.29) is 16.5 Å². The molecule has 9 nitrogen and oxygen atoms in total. The third-order valence-electron chi connectivity index (χ3n) is 6.99. The number of carbonyl (C=O) groups excluding carboxylic acids is 2. The van der Waals surface area contributed by atoms with E-state index in [1.54, 1.807) is 60.7 Å². The van der Waals surface area contributed by atoms with Crippen LogP contribution in [0.2, 0.25) is 5.02 Å². The van der Waals surface area contributed by atoms with Gasteiger partial charge in [0.15, 0.2) is 39.5 Å². The molecule has 1 atom stereocenters. The van der Waals surface area contributed by atoms with Gasteiger partial charge in [0, 0.05) is 10.4 Å². The summed E-state index contributed by atoms with van der Waals surface area (Å²) in [6.45, 7) is 4.71. The molecule has 11 heteroatoms. The van der Waals surface area contributed by atoms with E-state index in [1.807, 2.05) is 13.8 Å². The molecule has 1 N–H and O–H groups in total. The van der Waals surface area contributed by atoms with E-state index in [1.165, 1.54) is 23.3 Å². The molecule has 1 amide bonds. The Labute approximate surface area is 255 Å². The maximum atomic E-state index is 14.1. The Hall–Kier alpha value is -4.54. The van der Waals surface area contributed by atoms with Crippen molar-refractivity contribution < 1.29 is 33.3 Å². The summed E-state index contributed by atoms with van der Waals surface area (Å²) in [5.74, 6) is -0.727. The van der Waals surface area contributed by atoms with Gasteiger partial charge in [-0.05, 0) is 61.4 Å². The van der Waals surface area contributed by atoms with Gasteiger partial charge in [-0.3, -0.25) is 14.5 Å². The minimum atomic E-state index is -1.05. The van der Waals surface area contributed by atoms with Gasteiger partial charge >= 0.3 is 0 Å². The molecular weight excluding hydrogens is 592 g/mol. The number of anilines is 1. The highest BCUT2D eigenvalue weighted by molar-refractivity contribution is 7.22. The average Bonchev–Trinajstić information content (AvgIpc) is 3.70. The van der Waals surface area contributed by atoms with Crippen LogP contribution in [0.4, 0.5) is 5.13 Å². The number of thiazole rings is 1. The van der Waals surface area contributed by atoms with E-state index >= 15 is 0 Å². The molecule has 3 heterocycles. The number of hydrogen-bond acceptors (Lipinski definition) is 9. The zero-order valence-corrected chi connectivity index (χ0v) is 25.1. The van der Waals surface area contributed by atoms with Crippen LogP contribution in [-0.4, -0.2) is 42.1 Å². The monoisotopic (exact) mass is 618 g/mol. The van der Waals surface area contributed by atoms with Gasteiger partial charge in [-0.1, -0.05) is 48.1 Å². The minimum Gasteiger partial charge on any atom is -0.503 e. The van der Waals surface area contributed by atoms with Crippen LogP contribution in [0.25, 0.3) is 21.2 Å². The second-order valence-corrected chi connectivity index (χ2v) is 11.2. The van der Waals surface area contributed by atoms with Crippen LogP contribution in [0.5, 0.6) is 17.2 Å². The summed E-state index contributed by atoms with van der Waals surface area (Å²) < 4.78 is 23.8. The number of ether oxygens (including phenoxy) is 3. The molecule has 0 saturated carbocycles. The van der Waals surface area contributed by atoms with Gasteiger partial charge in [-0.2, -0.15) is 0 Å². The lowest BCUT2D eigenvalue weighted by atomic mass is 9.95. The lowest BCUT2D eigenvalue weighted by Gasteiger charge is -2.25. The Morgan fingerprint density at radius 2 is 1.91 bits per heavy atom. The highest BCUT2D eigenvalue weighted by Crippen LogP contribution is 2.46. The molecule has 0 radical (unpaired) electrons. The first kappa shape index (κ1) is 28.6. The fourth-order valence-corrected chi connectivity index (χ4v) is 6.34. The summed E-state index contributed by atoms with van der Waals surface area (Å²) in [7, 11) is 1.51. The molecule has 1 aliphatic rings. The summed E-state index contributed by atoms with van der Waals surface area (Å²) >= 11 is 7.43. The fraction of sp³-hybridized carbons (Fsp3) is 0.219. The van der Waals surface area contributed by atoms with E-state index in [0.717, 1.165) is 11.1 Å². The summed E-state index contributed by atoms with van der Waals surface area (Å²) in [6.07, 6.45) is 0.803. The van der Waals surface area contributed by atoms with Crippen molar-refractivity contribution in [3.8, 4) is 17.2 Å².